The van der Waals surface area contributed by atoms with Crippen molar-refractivity contribution < 1.29 is 14.3 Å². The van der Waals surface area contributed by atoms with Crippen LogP contribution in [0, 0.1) is 0 Å². The first kappa shape index (κ1) is 15.7. The SMILES string of the molecule is CO[C@H]1CN(C(=O)CCc2c[nH]c3ccccc23)C[C@@]12CCCO2. The highest BCUT2D eigenvalue weighted by Gasteiger charge is 2.51. The average molecular weight is 328 g/mol. The number of aryl methyl sites for hydroxylation is 1. The number of rotatable bonds is 4. The number of nitrogens with zero attached hydrogens (tertiary/aromatic N) is 1. The van der Waals surface area contributed by atoms with E-state index in [1.165, 1.54) is 10.9 Å². The van der Waals surface area contributed by atoms with Crippen LogP contribution in [-0.2, 0) is 20.7 Å². The maximum Gasteiger partial charge on any atom is 0.223 e. The fourth-order valence-electron chi connectivity index (χ4n) is 4.17. The second kappa shape index (κ2) is 6.22. The number of hydrogen-bond acceptors (Lipinski definition) is 3. The highest BCUT2D eigenvalue weighted by atomic mass is 16.6. The second-order valence-electron chi connectivity index (χ2n) is 6.87. The minimum absolute atomic E-state index is 0.00274. The molecule has 128 valence electrons. The zero-order valence-corrected chi connectivity index (χ0v) is 14.1. The largest absolute Gasteiger partial charge is 0.377 e. The van der Waals surface area contributed by atoms with E-state index in [1.54, 1.807) is 7.11 Å². The molecule has 0 saturated carbocycles. The van der Waals surface area contributed by atoms with Gasteiger partial charge >= 0.3 is 0 Å². The van der Waals surface area contributed by atoms with Crippen molar-refractivity contribution in [2.45, 2.75) is 37.4 Å². The molecule has 5 nitrogen and oxygen atoms in total. The third kappa shape index (κ3) is 2.62. The highest BCUT2D eigenvalue weighted by Crippen LogP contribution is 2.37. The summed E-state index contributed by atoms with van der Waals surface area (Å²) in [5.74, 6) is 0.190. The number of carbonyl (C=O) groups is 1. The predicted molar refractivity (Wildman–Crippen MR) is 91.9 cm³/mol. The summed E-state index contributed by atoms with van der Waals surface area (Å²) >= 11 is 0. The van der Waals surface area contributed by atoms with Crippen LogP contribution in [0.5, 0.6) is 0 Å². The van der Waals surface area contributed by atoms with Gasteiger partial charge in [0.1, 0.15) is 11.7 Å². The normalized spacial score (nSPS) is 26.7. The molecule has 2 aliphatic rings. The van der Waals surface area contributed by atoms with Crippen molar-refractivity contribution >= 4 is 16.8 Å². The van der Waals surface area contributed by atoms with Crippen LogP contribution in [0.2, 0.25) is 0 Å². The van der Waals surface area contributed by atoms with E-state index in [2.05, 4.69) is 17.1 Å². The van der Waals surface area contributed by atoms with Gasteiger partial charge in [-0.1, -0.05) is 18.2 Å². The monoisotopic (exact) mass is 328 g/mol. The lowest BCUT2D eigenvalue weighted by Gasteiger charge is -2.27. The smallest absolute Gasteiger partial charge is 0.223 e. The van der Waals surface area contributed by atoms with Crippen molar-refractivity contribution in [2.24, 2.45) is 0 Å². The summed E-state index contributed by atoms with van der Waals surface area (Å²) in [5, 5.41) is 1.21. The molecule has 5 heteroatoms. The maximum atomic E-state index is 12.7. The molecule has 1 N–H and O–H groups in total. The highest BCUT2D eigenvalue weighted by molar-refractivity contribution is 5.84. The van der Waals surface area contributed by atoms with Crippen LogP contribution >= 0.6 is 0 Å². The number of benzene rings is 1. The van der Waals surface area contributed by atoms with Crippen molar-refractivity contribution in [1.29, 1.82) is 0 Å². The fourth-order valence-corrected chi connectivity index (χ4v) is 4.17. The number of fused-ring (bicyclic) bond motifs is 1. The zero-order valence-electron chi connectivity index (χ0n) is 14.1. The van der Waals surface area contributed by atoms with Crippen LogP contribution in [0.3, 0.4) is 0 Å². The Hall–Kier alpha value is -1.85. The lowest BCUT2D eigenvalue weighted by atomic mass is 9.96. The number of aromatic amines is 1. The van der Waals surface area contributed by atoms with Crippen molar-refractivity contribution in [3.05, 3.63) is 36.0 Å². The van der Waals surface area contributed by atoms with Gasteiger partial charge in [0.05, 0.1) is 6.54 Å². The van der Waals surface area contributed by atoms with Crippen molar-refractivity contribution in [1.82, 2.24) is 9.88 Å². The van der Waals surface area contributed by atoms with Gasteiger partial charge in [-0.25, -0.2) is 0 Å². The number of H-pyrrole nitrogens is 1. The van der Waals surface area contributed by atoms with E-state index in [0.717, 1.165) is 31.4 Å². The molecule has 2 aromatic rings. The number of methoxy groups -OCH3 is 1. The third-order valence-corrected chi connectivity index (χ3v) is 5.49. The van der Waals surface area contributed by atoms with E-state index < -0.39 is 0 Å². The van der Waals surface area contributed by atoms with Gasteiger partial charge in [0.25, 0.3) is 0 Å². The minimum Gasteiger partial charge on any atom is -0.377 e. The standard InChI is InChI=1S/C19H24N2O3/c1-23-17-12-21(13-19(17)9-4-10-24-19)18(22)8-7-14-11-20-16-6-3-2-5-15(14)16/h2-3,5-6,11,17,20H,4,7-10,12-13H2,1H3/t17-,19-/m0/s1. The Labute approximate surface area is 141 Å². The number of ether oxygens (including phenoxy) is 2. The van der Waals surface area contributed by atoms with Crippen LogP contribution in [0.15, 0.2) is 30.5 Å². The van der Waals surface area contributed by atoms with E-state index >= 15 is 0 Å². The lowest BCUT2D eigenvalue weighted by Crippen LogP contribution is -2.42. The van der Waals surface area contributed by atoms with Crippen molar-refractivity contribution in [2.75, 3.05) is 26.8 Å². The van der Waals surface area contributed by atoms with Crippen LogP contribution in [0.4, 0.5) is 0 Å². The van der Waals surface area contributed by atoms with Crippen molar-refractivity contribution in [3.8, 4) is 0 Å². The summed E-state index contributed by atoms with van der Waals surface area (Å²) in [6.45, 7) is 2.08. The summed E-state index contributed by atoms with van der Waals surface area (Å²) < 4.78 is 11.6. The molecule has 2 saturated heterocycles. The van der Waals surface area contributed by atoms with Crippen molar-refractivity contribution in [3.63, 3.8) is 0 Å². The van der Waals surface area contributed by atoms with Crippen LogP contribution in [0.1, 0.15) is 24.8 Å². The van der Waals surface area contributed by atoms with Crippen LogP contribution in [-0.4, -0.2) is 54.3 Å². The van der Waals surface area contributed by atoms with Crippen LogP contribution < -0.4 is 0 Å². The number of carbonyl (C=O) groups excluding carboxylic acids is 1. The van der Waals surface area contributed by atoms with Gasteiger partial charge < -0.3 is 19.4 Å². The number of hydrogen-bond donors (Lipinski definition) is 1. The Morgan fingerprint density at radius 2 is 2.33 bits per heavy atom. The summed E-state index contributed by atoms with van der Waals surface area (Å²) in [7, 11) is 1.72. The van der Waals surface area contributed by atoms with Gasteiger partial charge in [-0.3, -0.25) is 4.79 Å². The molecule has 4 rings (SSSR count). The predicted octanol–water partition coefficient (Wildman–Crippen LogP) is 2.51. The molecular formula is C19H24N2O3. The first-order valence-corrected chi connectivity index (χ1v) is 8.71. The fraction of sp³-hybridized carbons (Fsp3) is 0.526. The van der Waals surface area contributed by atoms with E-state index in [4.69, 9.17) is 9.47 Å². The number of amides is 1. The molecule has 0 radical (unpaired) electrons. The molecule has 1 amide bonds. The van der Waals surface area contributed by atoms with Gasteiger partial charge in [0.15, 0.2) is 0 Å². The Morgan fingerprint density at radius 3 is 3.12 bits per heavy atom. The number of nitrogens with one attached hydrogen (secondary N) is 1. The topological polar surface area (TPSA) is 54.6 Å². The summed E-state index contributed by atoms with van der Waals surface area (Å²) in [6.07, 6.45) is 5.33. The zero-order chi connectivity index (χ0) is 16.6. The molecular weight excluding hydrogens is 304 g/mol. The molecule has 0 bridgehead atoms. The average Bonchev–Trinajstić information content (AvgIpc) is 3.32. The van der Waals surface area contributed by atoms with Crippen LogP contribution in [0.25, 0.3) is 10.9 Å². The summed E-state index contributed by atoms with van der Waals surface area (Å²) in [6, 6.07) is 8.21. The maximum absolute atomic E-state index is 12.7. The molecule has 0 aliphatic carbocycles. The Morgan fingerprint density at radius 1 is 1.46 bits per heavy atom. The third-order valence-electron chi connectivity index (χ3n) is 5.49. The minimum atomic E-state index is -0.273. The number of para-hydroxylation sites is 1. The number of aromatic nitrogens is 1. The van der Waals surface area contributed by atoms with Gasteiger partial charge in [0, 0.05) is 43.8 Å². The summed E-state index contributed by atoms with van der Waals surface area (Å²) in [5.41, 5.74) is 2.05. The lowest BCUT2D eigenvalue weighted by molar-refractivity contribution is -0.131. The molecule has 1 spiro atoms. The molecule has 24 heavy (non-hydrogen) atoms. The Kier molecular flexibility index (Phi) is 4.06. The van der Waals surface area contributed by atoms with E-state index in [0.29, 0.717) is 19.5 Å². The van der Waals surface area contributed by atoms with Gasteiger partial charge in [-0.05, 0) is 30.9 Å². The Balaban J connectivity index is 1.42. The summed E-state index contributed by atoms with van der Waals surface area (Å²) in [4.78, 5) is 17.9. The molecule has 3 heterocycles. The molecule has 2 atom stereocenters. The molecule has 0 unspecified atom stereocenters. The first-order chi connectivity index (χ1) is 11.7. The quantitative estimate of drug-likeness (QED) is 0.938. The van der Waals surface area contributed by atoms with E-state index in [9.17, 15) is 4.79 Å². The second-order valence-corrected chi connectivity index (χ2v) is 6.87. The number of likely N-dealkylation sites (tertiary alicyclic amines) is 1. The van der Waals surface area contributed by atoms with Gasteiger partial charge in [0.2, 0.25) is 5.91 Å². The molecule has 1 aromatic carbocycles. The van der Waals surface area contributed by atoms with E-state index in [1.807, 2.05) is 23.2 Å². The van der Waals surface area contributed by atoms with E-state index in [-0.39, 0.29) is 17.6 Å². The molecule has 2 aliphatic heterocycles. The molecule has 2 fully saturated rings. The van der Waals surface area contributed by atoms with Gasteiger partial charge in [-0.2, -0.15) is 0 Å². The van der Waals surface area contributed by atoms with Gasteiger partial charge in [-0.15, -0.1) is 0 Å². The Bertz CT molecular complexity index is 733. The molecule has 1 aromatic heterocycles. The first-order valence-electron chi connectivity index (χ1n) is 8.71.